The lowest BCUT2D eigenvalue weighted by Gasteiger charge is -2.19. The summed E-state index contributed by atoms with van der Waals surface area (Å²) in [6.45, 7) is 4.05. The molecular weight excluding hydrogens is 353 g/mol. The van der Waals surface area contributed by atoms with Crippen molar-refractivity contribution >= 4 is 5.69 Å². The Kier molecular flexibility index (Phi) is 4.89. The minimum absolute atomic E-state index is 0.309. The van der Waals surface area contributed by atoms with Crippen LogP contribution in [-0.4, -0.2) is 10.2 Å². The second-order valence-electron chi connectivity index (χ2n) is 6.73. The number of nitrogens with zero attached hydrogens (tertiary/aromatic N) is 2. The van der Waals surface area contributed by atoms with Crippen molar-refractivity contribution in [3.63, 3.8) is 0 Å². The third-order valence-electron chi connectivity index (χ3n) is 4.61. The molecule has 0 aliphatic heterocycles. The quantitative estimate of drug-likeness (QED) is 0.488. The van der Waals surface area contributed by atoms with Gasteiger partial charge in [0.1, 0.15) is 11.9 Å². The van der Waals surface area contributed by atoms with Crippen LogP contribution < -0.4 is 5.32 Å². The molecule has 1 atom stereocenters. The van der Waals surface area contributed by atoms with Crippen LogP contribution in [0.5, 0.6) is 0 Å². The molecule has 0 amide bonds. The zero-order valence-corrected chi connectivity index (χ0v) is 15.7. The van der Waals surface area contributed by atoms with E-state index in [-0.39, 0.29) is 5.82 Å². The van der Waals surface area contributed by atoms with Crippen molar-refractivity contribution in [1.82, 2.24) is 10.2 Å². The molecule has 0 radical (unpaired) electrons. The van der Waals surface area contributed by atoms with Crippen LogP contribution in [0, 0.1) is 19.7 Å². The lowest BCUT2D eigenvalue weighted by molar-refractivity contribution is 0.485. The van der Waals surface area contributed by atoms with Crippen LogP contribution in [0.1, 0.15) is 28.6 Å². The van der Waals surface area contributed by atoms with E-state index in [1.807, 2.05) is 56.3 Å². The molecule has 4 aromatic rings. The molecule has 0 saturated carbocycles. The van der Waals surface area contributed by atoms with Crippen LogP contribution >= 0.6 is 0 Å². The van der Waals surface area contributed by atoms with Gasteiger partial charge in [-0.3, -0.25) is 0 Å². The maximum Gasteiger partial charge on any atom is 0.247 e. The number of aryl methyl sites for hydroxylation is 2. The molecule has 140 valence electrons. The Morgan fingerprint density at radius 3 is 2.39 bits per heavy atom. The van der Waals surface area contributed by atoms with E-state index in [1.54, 1.807) is 18.2 Å². The van der Waals surface area contributed by atoms with Crippen molar-refractivity contribution in [3.05, 3.63) is 101 Å². The summed E-state index contributed by atoms with van der Waals surface area (Å²) in [5.74, 6) is 0.382. The molecule has 1 aromatic heterocycles. The number of hydrogen-bond acceptors (Lipinski definition) is 4. The van der Waals surface area contributed by atoms with E-state index in [4.69, 9.17) is 4.42 Å². The standard InChI is InChI=1S/C23H20FN3O/c1-15-12-13-20(16(2)14-15)25-21(18-10-6-7-11-19(18)24)23-27-26-22(28-23)17-8-4-3-5-9-17/h3-14,21,25H,1-2H3/t21-/m0/s1. The second kappa shape index (κ2) is 7.64. The third-order valence-corrected chi connectivity index (χ3v) is 4.61. The maximum atomic E-state index is 14.6. The fraction of sp³-hybridized carbons (Fsp3) is 0.130. The Morgan fingerprint density at radius 2 is 1.64 bits per heavy atom. The molecule has 1 heterocycles. The first kappa shape index (κ1) is 17.9. The first-order valence-electron chi connectivity index (χ1n) is 9.09. The summed E-state index contributed by atoms with van der Waals surface area (Å²) in [6, 6.07) is 21.6. The van der Waals surface area contributed by atoms with Gasteiger partial charge in [-0.1, -0.05) is 54.1 Å². The van der Waals surface area contributed by atoms with E-state index in [9.17, 15) is 4.39 Å². The van der Waals surface area contributed by atoms with Crippen molar-refractivity contribution in [3.8, 4) is 11.5 Å². The van der Waals surface area contributed by atoms with Crippen molar-refractivity contribution in [2.45, 2.75) is 19.9 Å². The van der Waals surface area contributed by atoms with Crippen molar-refractivity contribution in [2.24, 2.45) is 0 Å². The lowest BCUT2D eigenvalue weighted by Crippen LogP contribution is -2.15. The highest BCUT2D eigenvalue weighted by molar-refractivity contribution is 5.55. The summed E-state index contributed by atoms with van der Waals surface area (Å²) < 4.78 is 20.5. The summed E-state index contributed by atoms with van der Waals surface area (Å²) in [4.78, 5) is 0. The highest BCUT2D eigenvalue weighted by Gasteiger charge is 2.24. The fourth-order valence-corrected chi connectivity index (χ4v) is 3.16. The van der Waals surface area contributed by atoms with Gasteiger partial charge >= 0.3 is 0 Å². The molecule has 3 aromatic carbocycles. The summed E-state index contributed by atoms with van der Waals surface area (Å²) >= 11 is 0. The zero-order chi connectivity index (χ0) is 19.5. The Labute approximate surface area is 163 Å². The Bertz CT molecular complexity index is 1090. The SMILES string of the molecule is Cc1ccc(N[C@H](c2nnc(-c3ccccc3)o2)c2ccccc2F)c(C)c1. The smallest absolute Gasteiger partial charge is 0.247 e. The van der Waals surface area contributed by atoms with E-state index in [0.29, 0.717) is 17.3 Å². The van der Waals surface area contributed by atoms with Gasteiger partial charge in [-0.2, -0.15) is 0 Å². The molecule has 0 aliphatic rings. The molecular formula is C23H20FN3O. The monoisotopic (exact) mass is 373 g/mol. The number of nitrogens with one attached hydrogen (secondary N) is 1. The molecule has 0 fully saturated rings. The minimum Gasteiger partial charge on any atom is -0.418 e. The Morgan fingerprint density at radius 1 is 0.893 bits per heavy atom. The fourth-order valence-electron chi connectivity index (χ4n) is 3.16. The molecule has 0 bridgehead atoms. The lowest BCUT2D eigenvalue weighted by atomic mass is 10.0. The van der Waals surface area contributed by atoms with E-state index in [0.717, 1.165) is 22.4 Å². The average Bonchev–Trinajstić information content (AvgIpc) is 3.19. The molecule has 28 heavy (non-hydrogen) atoms. The van der Waals surface area contributed by atoms with Crippen molar-refractivity contribution < 1.29 is 8.81 Å². The van der Waals surface area contributed by atoms with Crippen LogP contribution in [0.15, 0.2) is 77.2 Å². The van der Waals surface area contributed by atoms with Crippen LogP contribution in [0.25, 0.3) is 11.5 Å². The molecule has 4 rings (SSSR count). The van der Waals surface area contributed by atoms with Gasteiger partial charge in [-0.25, -0.2) is 4.39 Å². The van der Waals surface area contributed by atoms with E-state index < -0.39 is 6.04 Å². The molecule has 4 nitrogen and oxygen atoms in total. The Hall–Kier alpha value is -3.47. The number of aromatic nitrogens is 2. The first-order chi connectivity index (χ1) is 13.6. The first-order valence-corrected chi connectivity index (χ1v) is 9.09. The number of halogens is 1. The average molecular weight is 373 g/mol. The van der Waals surface area contributed by atoms with Gasteiger partial charge in [0.15, 0.2) is 0 Å². The van der Waals surface area contributed by atoms with Crippen LogP contribution in [0.4, 0.5) is 10.1 Å². The predicted molar refractivity (Wildman–Crippen MR) is 108 cm³/mol. The van der Waals surface area contributed by atoms with Crippen molar-refractivity contribution in [1.29, 1.82) is 0 Å². The number of anilines is 1. The summed E-state index contributed by atoms with van der Waals surface area (Å²) in [7, 11) is 0. The van der Waals surface area contributed by atoms with Crippen LogP contribution in [0.3, 0.4) is 0 Å². The molecule has 0 saturated heterocycles. The van der Waals surface area contributed by atoms with E-state index in [1.165, 1.54) is 6.07 Å². The topological polar surface area (TPSA) is 51.0 Å². The summed E-state index contributed by atoms with van der Waals surface area (Å²) in [5.41, 5.74) is 4.38. The van der Waals surface area contributed by atoms with E-state index >= 15 is 0 Å². The second-order valence-corrected chi connectivity index (χ2v) is 6.73. The Balaban J connectivity index is 1.76. The zero-order valence-electron chi connectivity index (χ0n) is 15.7. The third kappa shape index (κ3) is 3.64. The number of rotatable bonds is 5. The molecule has 1 N–H and O–H groups in total. The van der Waals surface area contributed by atoms with E-state index in [2.05, 4.69) is 21.6 Å². The van der Waals surface area contributed by atoms with Gasteiger partial charge in [-0.15, -0.1) is 10.2 Å². The minimum atomic E-state index is -0.604. The van der Waals surface area contributed by atoms with Gasteiger partial charge < -0.3 is 9.73 Å². The molecule has 0 spiro atoms. The number of benzene rings is 3. The largest absolute Gasteiger partial charge is 0.418 e. The highest BCUT2D eigenvalue weighted by atomic mass is 19.1. The van der Waals surface area contributed by atoms with Gasteiger partial charge in [0.25, 0.3) is 0 Å². The van der Waals surface area contributed by atoms with Crippen molar-refractivity contribution in [2.75, 3.05) is 5.32 Å². The van der Waals surface area contributed by atoms with Crippen LogP contribution in [-0.2, 0) is 0 Å². The molecule has 0 unspecified atom stereocenters. The maximum absolute atomic E-state index is 14.6. The van der Waals surface area contributed by atoms with Gasteiger partial charge in [0.05, 0.1) is 0 Å². The van der Waals surface area contributed by atoms with Gasteiger partial charge in [0.2, 0.25) is 11.8 Å². The summed E-state index contributed by atoms with van der Waals surface area (Å²) in [6.07, 6.45) is 0. The van der Waals surface area contributed by atoms with Crippen LogP contribution in [0.2, 0.25) is 0 Å². The molecule has 5 heteroatoms. The number of hydrogen-bond donors (Lipinski definition) is 1. The normalized spacial score (nSPS) is 12.0. The predicted octanol–water partition coefficient (Wildman–Crippen LogP) is 5.69. The van der Waals surface area contributed by atoms with Gasteiger partial charge in [-0.05, 0) is 43.7 Å². The molecule has 0 aliphatic carbocycles. The summed E-state index contributed by atoms with van der Waals surface area (Å²) in [5, 5.41) is 11.7. The van der Waals surface area contributed by atoms with Gasteiger partial charge in [0, 0.05) is 16.8 Å². The highest BCUT2D eigenvalue weighted by Crippen LogP contribution is 2.31.